The second-order valence-electron chi connectivity index (χ2n) is 4.60. The minimum absolute atomic E-state index is 0.121. The minimum atomic E-state index is 0.121. The summed E-state index contributed by atoms with van der Waals surface area (Å²) in [4.78, 5) is 0. The number of ether oxygens (including phenoxy) is 3. The average Bonchev–Trinajstić information content (AvgIpc) is 2.73. The van der Waals surface area contributed by atoms with Gasteiger partial charge in [0, 0.05) is 16.8 Å². The SMILES string of the molecule is CC(C)(CBr)COc1ccc2c(c1)OCO2. The topological polar surface area (TPSA) is 27.7 Å². The number of halogens is 1. The lowest BCUT2D eigenvalue weighted by Crippen LogP contribution is -2.22. The van der Waals surface area contributed by atoms with Crippen molar-refractivity contribution in [3.8, 4) is 17.2 Å². The van der Waals surface area contributed by atoms with Crippen molar-refractivity contribution in [3.63, 3.8) is 0 Å². The van der Waals surface area contributed by atoms with Crippen LogP contribution in [0.25, 0.3) is 0 Å². The maximum Gasteiger partial charge on any atom is 0.231 e. The molecule has 0 spiro atoms. The Morgan fingerprint density at radius 2 is 2.06 bits per heavy atom. The van der Waals surface area contributed by atoms with E-state index >= 15 is 0 Å². The summed E-state index contributed by atoms with van der Waals surface area (Å²) in [5.74, 6) is 2.36. The molecule has 0 saturated heterocycles. The van der Waals surface area contributed by atoms with Gasteiger partial charge in [0.2, 0.25) is 6.79 Å². The summed E-state index contributed by atoms with van der Waals surface area (Å²) >= 11 is 3.47. The largest absolute Gasteiger partial charge is 0.493 e. The minimum Gasteiger partial charge on any atom is -0.493 e. The first-order valence-electron chi connectivity index (χ1n) is 5.19. The van der Waals surface area contributed by atoms with Gasteiger partial charge in [-0.05, 0) is 12.1 Å². The van der Waals surface area contributed by atoms with Crippen LogP contribution < -0.4 is 14.2 Å². The second-order valence-corrected chi connectivity index (χ2v) is 5.16. The fraction of sp³-hybridized carbons (Fsp3) is 0.500. The molecule has 1 aromatic carbocycles. The number of hydrogen-bond acceptors (Lipinski definition) is 3. The van der Waals surface area contributed by atoms with E-state index in [0.717, 1.165) is 22.6 Å². The van der Waals surface area contributed by atoms with Gasteiger partial charge in [-0.1, -0.05) is 29.8 Å². The molecule has 2 rings (SSSR count). The molecule has 1 aliphatic heterocycles. The van der Waals surface area contributed by atoms with Crippen LogP contribution in [0, 0.1) is 5.41 Å². The summed E-state index contributed by atoms with van der Waals surface area (Å²) in [6.45, 7) is 5.26. The van der Waals surface area contributed by atoms with Crippen molar-refractivity contribution in [2.45, 2.75) is 13.8 Å². The van der Waals surface area contributed by atoms with Crippen LogP contribution in [-0.2, 0) is 0 Å². The van der Waals surface area contributed by atoms with Gasteiger partial charge in [0.1, 0.15) is 5.75 Å². The van der Waals surface area contributed by atoms with Crippen LogP contribution in [0.1, 0.15) is 13.8 Å². The molecule has 0 fully saturated rings. The van der Waals surface area contributed by atoms with Crippen LogP contribution in [-0.4, -0.2) is 18.7 Å². The van der Waals surface area contributed by atoms with Crippen molar-refractivity contribution in [3.05, 3.63) is 18.2 Å². The standard InChI is InChI=1S/C12H15BrO3/c1-12(2,6-13)7-14-9-3-4-10-11(5-9)16-8-15-10/h3-5H,6-8H2,1-2H3. The van der Waals surface area contributed by atoms with Gasteiger partial charge in [0.05, 0.1) is 6.61 Å². The summed E-state index contributed by atoms with van der Waals surface area (Å²) < 4.78 is 16.2. The van der Waals surface area contributed by atoms with Gasteiger partial charge in [-0.3, -0.25) is 0 Å². The molecule has 0 N–H and O–H groups in total. The van der Waals surface area contributed by atoms with E-state index in [2.05, 4.69) is 29.8 Å². The third-order valence-electron chi connectivity index (χ3n) is 2.34. The first-order valence-corrected chi connectivity index (χ1v) is 6.31. The van der Waals surface area contributed by atoms with Crippen LogP contribution >= 0.6 is 15.9 Å². The van der Waals surface area contributed by atoms with E-state index in [9.17, 15) is 0 Å². The molecule has 88 valence electrons. The number of alkyl halides is 1. The maximum absolute atomic E-state index is 5.72. The Morgan fingerprint density at radius 3 is 2.81 bits per heavy atom. The summed E-state index contributed by atoms with van der Waals surface area (Å²) in [6, 6.07) is 5.64. The molecule has 16 heavy (non-hydrogen) atoms. The highest BCUT2D eigenvalue weighted by Gasteiger charge is 2.18. The van der Waals surface area contributed by atoms with Gasteiger partial charge < -0.3 is 14.2 Å². The first-order chi connectivity index (χ1) is 7.61. The molecule has 0 bridgehead atoms. The lowest BCUT2D eigenvalue weighted by atomic mass is 9.98. The molecule has 0 amide bonds. The van der Waals surface area contributed by atoms with Gasteiger partial charge in [-0.25, -0.2) is 0 Å². The fourth-order valence-electron chi connectivity index (χ4n) is 1.28. The van der Waals surface area contributed by atoms with Crippen LogP contribution in [0.4, 0.5) is 0 Å². The Hall–Kier alpha value is -0.900. The molecule has 1 aromatic rings. The predicted octanol–water partition coefficient (Wildman–Crippen LogP) is 3.22. The highest BCUT2D eigenvalue weighted by molar-refractivity contribution is 9.09. The molecule has 0 aromatic heterocycles. The van der Waals surface area contributed by atoms with Gasteiger partial charge >= 0.3 is 0 Å². The second kappa shape index (κ2) is 4.53. The molecular weight excluding hydrogens is 272 g/mol. The normalized spacial score (nSPS) is 13.9. The van der Waals surface area contributed by atoms with E-state index < -0.39 is 0 Å². The monoisotopic (exact) mass is 286 g/mol. The van der Waals surface area contributed by atoms with Crippen molar-refractivity contribution in [1.29, 1.82) is 0 Å². The molecule has 1 heterocycles. The number of benzene rings is 1. The Balaban J connectivity index is 2.00. The van der Waals surface area contributed by atoms with E-state index in [-0.39, 0.29) is 5.41 Å². The highest BCUT2D eigenvalue weighted by atomic mass is 79.9. The summed E-state index contributed by atoms with van der Waals surface area (Å²) in [7, 11) is 0. The molecular formula is C12H15BrO3. The molecule has 0 saturated carbocycles. The van der Waals surface area contributed by atoms with Crippen LogP contribution in [0.3, 0.4) is 0 Å². The fourth-order valence-corrected chi connectivity index (χ4v) is 1.45. The molecule has 0 radical (unpaired) electrons. The van der Waals surface area contributed by atoms with Crippen LogP contribution in [0.5, 0.6) is 17.2 Å². The first kappa shape index (κ1) is 11.6. The van der Waals surface area contributed by atoms with E-state index in [0.29, 0.717) is 13.4 Å². The van der Waals surface area contributed by atoms with Crippen molar-refractivity contribution >= 4 is 15.9 Å². The smallest absolute Gasteiger partial charge is 0.231 e. The van der Waals surface area contributed by atoms with Gasteiger partial charge in [-0.15, -0.1) is 0 Å². The Bertz CT molecular complexity index is 377. The van der Waals surface area contributed by atoms with Crippen LogP contribution in [0.15, 0.2) is 18.2 Å². The zero-order valence-corrected chi connectivity index (χ0v) is 11.0. The third-order valence-corrected chi connectivity index (χ3v) is 3.85. The van der Waals surface area contributed by atoms with Crippen molar-refractivity contribution in [2.75, 3.05) is 18.7 Å². The molecule has 0 atom stereocenters. The Kier molecular flexibility index (Phi) is 3.28. The molecule has 4 heteroatoms. The Labute approximate surface area is 104 Å². The van der Waals surface area contributed by atoms with Gasteiger partial charge in [-0.2, -0.15) is 0 Å². The zero-order valence-electron chi connectivity index (χ0n) is 9.46. The summed E-state index contributed by atoms with van der Waals surface area (Å²) in [6.07, 6.45) is 0. The lowest BCUT2D eigenvalue weighted by molar-refractivity contribution is 0.173. The van der Waals surface area contributed by atoms with Gasteiger partial charge in [0.15, 0.2) is 11.5 Å². The number of rotatable bonds is 4. The molecule has 1 aliphatic rings. The molecule has 3 nitrogen and oxygen atoms in total. The number of hydrogen-bond donors (Lipinski definition) is 0. The zero-order chi connectivity index (χ0) is 11.6. The summed E-state index contributed by atoms with van der Waals surface area (Å²) in [5, 5.41) is 0.907. The van der Waals surface area contributed by atoms with Crippen molar-refractivity contribution in [1.82, 2.24) is 0 Å². The maximum atomic E-state index is 5.72. The molecule has 0 unspecified atom stereocenters. The van der Waals surface area contributed by atoms with E-state index in [4.69, 9.17) is 14.2 Å². The van der Waals surface area contributed by atoms with E-state index in [1.807, 2.05) is 18.2 Å². The molecule has 0 aliphatic carbocycles. The lowest BCUT2D eigenvalue weighted by Gasteiger charge is -2.21. The average molecular weight is 287 g/mol. The quantitative estimate of drug-likeness (QED) is 0.796. The third kappa shape index (κ3) is 2.61. The van der Waals surface area contributed by atoms with E-state index in [1.54, 1.807) is 0 Å². The Morgan fingerprint density at radius 1 is 1.31 bits per heavy atom. The van der Waals surface area contributed by atoms with Gasteiger partial charge in [0.25, 0.3) is 0 Å². The van der Waals surface area contributed by atoms with E-state index in [1.165, 1.54) is 0 Å². The predicted molar refractivity (Wildman–Crippen MR) is 65.6 cm³/mol. The van der Waals surface area contributed by atoms with Crippen LogP contribution in [0.2, 0.25) is 0 Å². The number of fused-ring (bicyclic) bond motifs is 1. The summed E-state index contributed by atoms with van der Waals surface area (Å²) in [5.41, 5.74) is 0.121. The van der Waals surface area contributed by atoms with Crippen molar-refractivity contribution < 1.29 is 14.2 Å². The van der Waals surface area contributed by atoms with Crippen molar-refractivity contribution in [2.24, 2.45) is 5.41 Å². The highest BCUT2D eigenvalue weighted by Crippen LogP contribution is 2.35.